The first-order valence-corrected chi connectivity index (χ1v) is 5.53. The molecule has 0 aliphatic heterocycles. The van der Waals surface area contributed by atoms with Gasteiger partial charge in [-0.1, -0.05) is 6.92 Å². The van der Waals surface area contributed by atoms with Gasteiger partial charge in [0.15, 0.2) is 0 Å². The molecule has 3 heteroatoms. The predicted octanol–water partition coefficient (Wildman–Crippen LogP) is 2.30. The summed E-state index contributed by atoms with van der Waals surface area (Å²) in [4.78, 5) is 0. The number of nitrogens with zero attached hydrogens (tertiary/aromatic N) is 1. The van der Waals surface area contributed by atoms with Gasteiger partial charge in [0.05, 0.1) is 11.6 Å². The minimum atomic E-state index is 0.231. The molecule has 2 N–H and O–H groups in total. The molecular weight excluding hydrogens is 200 g/mol. The third kappa shape index (κ3) is 3.56. The van der Waals surface area contributed by atoms with Gasteiger partial charge in [-0.15, -0.1) is 0 Å². The zero-order chi connectivity index (χ0) is 12.0. The first-order valence-electron chi connectivity index (χ1n) is 5.53. The highest BCUT2D eigenvalue weighted by Gasteiger charge is 2.02. The van der Waals surface area contributed by atoms with Crippen molar-refractivity contribution in [3.8, 4) is 6.07 Å². The van der Waals surface area contributed by atoms with Crippen LogP contribution in [0.4, 0.5) is 5.69 Å². The van der Waals surface area contributed by atoms with Gasteiger partial charge in [0, 0.05) is 18.8 Å². The van der Waals surface area contributed by atoms with Gasteiger partial charge < -0.3 is 10.4 Å². The Morgan fingerprint density at radius 2 is 2.25 bits per heavy atom. The van der Waals surface area contributed by atoms with Crippen molar-refractivity contribution in [2.24, 2.45) is 5.92 Å². The SMILES string of the molecule is Cc1cc(NCC(C)CCO)ccc1C#N. The largest absolute Gasteiger partial charge is 0.396 e. The maximum absolute atomic E-state index is 8.80. The van der Waals surface area contributed by atoms with Crippen molar-refractivity contribution in [3.05, 3.63) is 29.3 Å². The molecule has 0 saturated carbocycles. The van der Waals surface area contributed by atoms with Crippen LogP contribution in [0.1, 0.15) is 24.5 Å². The van der Waals surface area contributed by atoms with Crippen molar-refractivity contribution in [1.82, 2.24) is 0 Å². The molecule has 0 heterocycles. The van der Waals surface area contributed by atoms with Crippen molar-refractivity contribution >= 4 is 5.69 Å². The zero-order valence-corrected chi connectivity index (χ0v) is 9.83. The predicted molar refractivity (Wildman–Crippen MR) is 65.3 cm³/mol. The van der Waals surface area contributed by atoms with E-state index in [9.17, 15) is 0 Å². The van der Waals surface area contributed by atoms with Crippen LogP contribution in [0, 0.1) is 24.2 Å². The summed E-state index contributed by atoms with van der Waals surface area (Å²) in [6.45, 7) is 5.10. The Bertz CT molecular complexity index is 382. The fourth-order valence-electron chi connectivity index (χ4n) is 1.51. The van der Waals surface area contributed by atoms with E-state index in [1.807, 2.05) is 25.1 Å². The van der Waals surface area contributed by atoms with Gasteiger partial charge in [-0.25, -0.2) is 0 Å². The summed E-state index contributed by atoms with van der Waals surface area (Å²) in [6, 6.07) is 7.86. The highest BCUT2D eigenvalue weighted by atomic mass is 16.3. The average molecular weight is 218 g/mol. The highest BCUT2D eigenvalue weighted by Crippen LogP contribution is 2.15. The molecule has 0 radical (unpaired) electrons. The molecule has 1 rings (SSSR count). The fraction of sp³-hybridized carbons (Fsp3) is 0.462. The Morgan fingerprint density at radius 3 is 2.81 bits per heavy atom. The average Bonchev–Trinajstić information content (AvgIpc) is 2.27. The van der Waals surface area contributed by atoms with E-state index in [1.165, 1.54) is 0 Å². The topological polar surface area (TPSA) is 56.0 Å². The van der Waals surface area contributed by atoms with Crippen LogP contribution >= 0.6 is 0 Å². The highest BCUT2D eigenvalue weighted by molar-refractivity contribution is 5.51. The number of benzene rings is 1. The standard InChI is InChI=1S/C13H18N2O/c1-10(5-6-16)9-15-13-4-3-12(8-14)11(2)7-13/h3-4,7,10,15-16H,5-6,9H2,1-2H3. The lowest BCUT2D eigenvalue weighted by Gasteiger charge is -2.12. The number of hydrogen-bond donors (Lipinski definition) is 2. The third-order valence-electron chi connectivity index (χ3n) is 2.62. The number of aliphatic hydroxyl groups is 1. The van der Waals surface area contributed by atoms with E-state index in [0.717, 1.165) is 24.2 Å². The van der Waals surface area contributed by atoms with Crippen molar-refractivity contribution in [3.63, 3.8) is 0 Å². The summed E-state index contributed by atoms with van der Waals surface area (Å²) in [5.74, 6) is 0.445. The van der Waals surface area contributed by atoms with Crippen molar-refractivity contribution < 1.29 is 5.11 Å². The first kappa shape index (κ1) is 12.5. The molecule has 0 spiro atoms. The molecule has 0 amide bonds. The number of anilines is 1. The number of aliphatic hydroxyl groups excluding tert-OH is 1. The summed E-state index contributed by atoms with van der Waals surface area (Å²) in [5.41, 5.74) is 2.73. The van der Waals surface area contributed by atoms with Crippen LogP contribution in [-0.4, -0.2) is 18.3 Å². The Kier molecular flexibility index (Phi) is 4.81. The second-order valence-corrected chi connectivity index (χ2v) is 4.14. The second kappa shape index (κ2) is 6.14. The Labute approximate surface area is 96.7 Å². The maximum atomic E-state index is 8.80. The van der Waals surface area contributed by atoms with E-state index < -0.39 is 0 Å². The van der Waals surface area contributed by atoms with Crippen LogP contribution in [0.3, 0.4) is 0 Å². The molecule has 0 fully saturated rings. The number of nitrogens with one attached hydrogen (secondary N) is 1. The molecule has 1 unspecified atom stereocenters. The maximum Gasteiger partial charge on any atom is 0.0994 e. The molecule has 1 atom stereocenters. The van der Waals surface area contributed by atoms with Gasteiger partial charge in [-0.3, -0.25) is 0 Å². The summed E-state index contributed by atoms with van der Waals surface area (Å²) in [5, 5.41) is 20.9. The van der Waals surface area contributed by atoms with E-state index in [4.69, 9.17) is 10.4 Å². The van der Waals surface area contributed by atoms with E-state index in [-0.39, 0.29) is 6.61 Å². The van der Waals surface area contributed by atoms with Crippen LogP contribution < -0.4 is 5.32 Å². The summed E-state index contributed by atoms with van der Waals surface area (Å²) >= 11 is 0. The molecule has 0 aromatic heterocycles. The van der Waals surface area contributed by atoms with E-state index in [1.54, 1.807) is 0 Å². The van der Waals surface area contributed by atoms with Crippen LogP contribution in [0.25, 0.3) is 0 Å². The quantitative estimate of drug-likeness (QED) is 0.797. The molecule has 16 heavy (non-hydrogen) atoms. The number of nitriles is 1. The van der Waals surface area contributed by atoms with Crippen molar-refractivity contribution in [2.45, 2.75) is 20.3 Å². The summed E-state index contributed by atoms with van der Waals surface area (Å²) < 4.78 is 0. The number of rotatable bonds is 5. The third-order valence-corrected chi connectivity index (χ3v) is 2.62. The number of hydrogen-bond acceptors (Lipinski definition) is 3. The van der Waals surface area contributed by atoms with Gasteiger partial charge in [-0.2, -0.15) is 5.26 Å². The molecule has 1 aromatic rings. The van der Waals surface area contributed by atoms with Crippen LogP contribution in [0.2, 0.25) is 0 Å². The Hall–Kier alpha value is -1.53. The van der Waals surface area contributed by atoms with E-state index >= 15 is 0 Å². The molecule has 0 saturated heterocycles. The lowest BCUT2D eigenvalue weighted by molar-refractivity contribution is 0.266. The molecule has 0 bridgehead atoms. The fourth-order valence-corrected chi connectivity index (χ4v) is 1.51. The zero-order valence-electron chi connectivity index (χ0n) is 9.83. The van der Waals surface area contributed by atoms with Gasteiger partial charge in [-0.05, 0) is 43.0 Å². The first-order chi connectivity index (χ1) is 7.67. The Balaban J connectivity index is 2.56. The number of aryl methyl sites for hydroxylation is 1. The molecular formula is C13H18N2O. The second-order valence-electron chi connectivity index (χ2n) is 4.14. The van der Waals surface area contributed by atoms with Gasteiger partial charge in [0.1, 0.15) is 0 Å². The van der Waals surface area contributed by atoms with Crippen molar-refractivity contribution in [1.29, 1.82) is 5.26 Å². The van der Waals surface area contributed by atoms with Crippen molar-refractivity contribution in [2.75, 3.05) is 18.5 Å². The molecule has 0 aliphatic carbocycles. The summed E-state index contributed by atoms with van der Waals surface area (Å²) in [6.07, 6.45) is 0.808. The van der Waals surface area contributed by atoms with E-state index in [0.29, 0.717) is 11.5 Å². The molecule has 86 valence electrons. The summed E-state index contributed by atoms with van der Waals surface area (Å²) in [7, 11) is 0. The molecule has 0 aliphatic rings. The van der Waals surface area contributed by atoms with Crippen LogP contribution in [-0.2, 0) is 0 Å². The smallest absolute Gasteiger partial charge is 0.0994 e. The minimum Gasteiger partial charge on any atom is -0.396 e. The lowest BCUT2D eigenvalue weighted by atomic mass is 10.1. The van der Waals surface area contributed by atoms with Crippen LogP contribution in [0.15, 0.2) is 18.2 Å². The van der Waals surface area contributed by atoms with Gasteiger partial charge in [0.2, 0.25) is 0 Å². The van der Waals surface area contributed by atoms with Crippen LogP contribution in [0.5, 0.6) is 0 Å². The van der Waals surface area contributed by atoms with Gasteiger partial charge >= 0.3 is 0 Å². The van der Waals surface area contributed by atoms with E-state index in [2.05, 4.69) is 18.3 Å². The molecule has 3 nitrogen and oxygen atoms in total. The Morgan fingerprint density at radius 1 is 1.50 bits per heavy atom. The lowest BCUT2D eigenvalue weighted by Crippen LogP contribution is -2.12. The monoisotopic (exact) mass is 218 g/mol. The molecule has 1 aromatic carbocycles. The normalized spacial score (nSPS) is 11.9. The minimum absolute atomic E-state index is 0.231. The van der Waals surface area contributed by atoms with Gasteiger partial charge in [0.25, 0.3) is 0 Å².